The molecular weight excluding hydrogens is 922 g/mol. The topological polar surface area (TPSA) is 9.72 Å². The third-order valence-corrected chi connectivity index (χ3v) is 20.1. The first kappa shape index (κ1) is 43.5. The molecule has 0 saturated heterocycles. The van der Waals surface area contributed by atoms with Gasteiger partial charge < -0.3 is 14.7 Å². The maximum atomic E-state index is 2.78. The third kappa shape index (κ3) is 6.05. The number of rotatable bonds is 4. The normalized spacial score (nSPS) is 18.9. The maximum absolute atomic E-state index is 2.78. The Morgan fingerprint density at radius 1 is 0.493 bits per heavy atom. The van der Waals surface area contributed by atoms with Crippen LogP contribution in [-0.4, -0.2) is 12.3 Å². The van der Waals surface area contributed by atoms with Crippen LogP contribution < -0.4 is 31.1 Å². The molecule has 73 heavy (non-hydrogen) atoms. The van der Waals surface area contributed by atoms with Gasteiger partial charge >= 0.3 is 0 Å². The summed E-state index contributed by atoms with van der Waals surface area (Å²) < 4.78 is 5.27. The quantitative estimate of drug-likeness (QED) is 0.163. The van der Waals surface area contributed by atoms with Gasteiger partial charge in [-0.3, -0.25) is 0 Å². The molecule has 0 N–H and O–H groups in total. The van der Waals surface area contributed by atoms with E-state index >= 15 is 0 Å². The number of fused-ring (bicyclic) bond motifs is 13. The van der Waals surface area contributed by atoms with Gasteiger partial charge in [0.15, 0.2) is 0 Å². The van der Waals surface area contributed by atoms with Crippen LogP contribution in [0, 0.1) is 6.92 Å². The number of hydrogen-bond acceptors (Lipinski definition) is 5. The van der Waals surface area contributed by atoms with Crippen molar-refractivity contribution in [2.24, 2.45) is 0 Å². The summed E-state index contributed by atoms with van der Waals surface area (Å²) in [5.74, 6) is 0. The molecule has 0 bridgehead atoms. The van der Waals surface area contributed by atoms with Crippen molar-refractivity contribution in [1.82, 2.24) is 0 Å². The molecule has 15 rings (SSSR count). The summed E-state index contributed by atoms with van der Waals surface area (Å²) in [6.45, 7) is 14.5. The van der Waals surface area contributed by atoms with E-state index in [1.165, 1.54) is 149 Å². The molecule has 9 aromatic carbocycles. The second kappa shape index (κ2) is 15.5. The van der Waals surface area contributed by atoms with Gasteiger partial charge in [-0.15, -0.1) is 22.7 Å². The summed E-state index contributed by atoms with van der Waals surface area (Å²) in [7, 11) is 0. The second-order valence-electron chi connectivity index (χ2n) is 22.8. The molecule has 3 nitrogen and oxygen atoms in total. The Labute approximate surface area is 437 Å². The molecule has 3 aliphatic heterocycles. The van der Waals surface area contributed by atoms with Crippen molar-refractivity contribution in [3.05, 3.63) is 199 Å². The lowest BCUT2D eigenvalue weighted by atomic mass is 9.33. The van der Waals surface area contributed by atoms with E-state index in [1.807, 2.05) is 22.7 Å². The average molecular weight is 978 g/mol. The van der Waals surface area contributed by atoms with Crippen LogP contribution in [0.5, 0.6) is 0 Å². The molecule has 1 saturated carbocycles. The first-order chi connectivity index (χ1) is 35.5. The highest BCUT2D eigenvalue weighted by molar-refractivity contribution is 7.26. The number of hydrogen-bond donors (Lipinski definition) is 0. The zero-order chi connectivity index (χ0) is 49.1. The molecule has 2 atom stereocenters. The Hall–Kier alpha value is -7.12. The van der Waals surface area contributed by atoms with Gasteiger partial charge in [-0.25, -0.2) is 0 Å². The van der Waals surface area contributed by atoms with Crippen molar-refractivity contribution in [3.8, 4) is 11.1 Å². The largest absolute Gasteiger partial charge is 0.334 e. The van der Waals surface area contributed by atoms with Crippen molar-refractivity contribution < 1.29 is 0 Å². The summed E-state index contributed by atoms with van der Waals surface area (Å²) in [5, 5.41) is 5.26. The van der Waals surface area contributed by atoms with Gasteiger partial charge in [0.25, 0.3) is 6.71 Å². The molecule has 11 aromatic rings. The average Bonchev–Trinajstić information content (AvgIpc) is 4.04. The van der Waals surface area contributed by atoms with Gasteiger partial charge in [0, 0.05) is 75.2 Å². The maximum Gasteiger partial charge on any atom is 0.252 e. The molecule has 1 fully saturated rings. The van der Waals surface area contributed by atoms with Crippen LogP contribution >= 0.6 is 22.7 Å². The van der Waals surface area contributed by atoms with E-state index in [1.54, 1.807) is 0 Å². The molecule has 2 unspecified atom stereocenters. The number of aryl methyl sites for hydroxylation is 1. The van der Waals surface area contributed by atoms with Gasteiger partial charge in [0.05, 0.1) is 21.6 Å². The summed E-state index contributed by atoms with van der Waals surface area (Å²) >= 11 is 3.82. The van der Waals surface area contributed by atoms with Crippen molar-refractivity contribution in [3.63, 3.8) is 0 Å². The first-order valence-electron chi connectivity index (χ1n) is 26.3. The minimum Gasteiger partial charge on any atom is -0.334 e. The van der Waals surface area contributed by atoms with Crippen LogP contribution in [0.1, 0.15) is 77.0 Å². The van der Waals surface area contributed by atoms with Gasteiger partial charge in [-0.1, -0.05) is 150 Å². The first-order valence-corrected chi connectivity index (χ1v) is 28.0. The highest BCUT2D eigenvalue weighted by Crippen LogP contribution is 2.62. The zero-order valence-electron chi connectivity index (χ0n) is 42.4. The van der Waals surface area contributed by atoms with Crippen LogP contribution in [0.4, 0.5) is 45.5 Å². The Morgan fingerprint density at radius 2 is 1.14 bits per heavy atom. The summed E-state index contributed by atoms with van der Waals surface area (Å²) in [6, 6.07) is 70.3. The molecule has 5 heterocycles. The predicted octanol–water partition coefficient (Wildman–Crippen LogP) is 17.5. The molecule has 2 aromatic heterocycles. The van der Waals surface area contributed by atoms with Crippen LogP contribution in [0.3, 0.4) is 0 Å². The van der Waals surface area contributed by atoms with Crippen molar-refractivity contribution >= 4 is 132 Å². The van der Waals surface area contributed by atoms with E-state index in [2.05, 4.69) is 238 Å². The van der Waals surface area contributed by atoms with Gasteiger partial charge in [-0.2, -0.15) is 0 Å². The fraction of sp³-hybridized carbons (Fsp3) is 0.194. The Morgan fingerprint density at radius 3 is 1.93 bits per heavy atom. The Kier molecular flexibility index (Phi) is 9.20. The number of benzene rings is 9. The Bertz CT molecular complexity index is 4120. The van der Waals surface area contributed by atoms with E-state index in [-0.39, 0.29) is 23.1 Å². The lowest BCUT2D eigenvalue weighted by Crippen LogP contribution is -2.61. The SMILES string of the molecule is Cc1cc2c3c(c1)N(c1cccc4sc5ccccc5c14)c1cc(C(C)(C)C)ccc1B3c1ccc(N3c4ccc(-c5ccccc5)cc4C4(C)CCCCC34C)cc1N2c1cccc2c1sc1ccccc12. The minimum atomic E-state index is -0.113. The zero-order valence-corrected chi connectivity index (χ0v) is 44.0. The summed E-state index contributed by atoms with van der Waals surface area (Å²) in [4.78, 5) is 8.12. The number of thiophene rings is 2. The van der Waals surface area contributed by atoms with Crippen molar-refractivity contribution in [2.45, 2.75) is 83.6 Å². The van der Waals surface area contributed by atoms with E-state index < -0.39 is 0 Å². The van der Waals surface area contributed by atoms with Crippen LogP contribution in [0.15, 0.2) is 182 Å². The highest BCUT2D eigenvalue weighted by atomic mass is 32.1. The molecule has 4 aliphatic rings. The molecule has 0 radical (unpaired) electrons. The van der Waals surface area contributed by atoms with Gasteiger partial charge in [0.2, 0.25) is 0 Å². The lowest BCUT2D eigenvalue weighted by Gasteiger charge is -2.50. The number of anilines is 8. The predicted molar refractivity (Wildman–Crippen MR) is 318 cm³/mol. The van der Waals surface area contributed by atoms with E-state index in [0.717, 1.165) is 6.42 Å². The molecule has 0 amide bonds. The second-order valence-corrected chi connectivity index (χ2v) is 25.0. The standard InChI is InChI=1S/C67H56BN3S2/c1-41-36-57-63-58(37-41)70(54-24-16-22-47-46-20-10-12-25-59(46)73-64(47)54)56-40-45(71-52-33-28-43(42-18-8-7-9-19-42)38-49(52)66(5)34-14-15-35-67(66,71)6)30-32-51(56)68(63)50-31-29-44(65(2,3)4)39-55(50)69(57)53-23-17-27-61-62(53)48-21-11-13-26-60(48)72-61/h7-13,16-33,36-40H,14-15,34-35H2,1-6H3. The third-order valence-electron chi connectivity index (χ3n) is 17.8. The van der Waals surface area contributed by atoms with Crippen LogP contribution in [0.25, 0.3) is 51.5 Å². The molecule has 354 valence electrons. The molecule has 0 spiro atoms. The Balaban J connectivity index is 1.02. The van der Waals surface area contributed by atoms with E-state index in [9.17, 15) is 0 Å². The van der Waals surface area contributed by atoms with Gasteiger partial charge in [-0.05, 0) is 149 Å². The van der Waals surface area contributed by atoms with Gasteiger partial charge in [0.1, 0.15) is 0 Å². The van der Waals surface area contributed by atoms with Crippen LogP contribution in [0.2, 0.25) is 0 Å². The molecule has 1 aliphatic carbocycles. The molecular formula is C67H56BN3S2. The minimum absolute atomic E-state index is 0.000953. The highest BCUT2D eigenvalue weighted by Gasteiger charge is 2.58. The summed E-state index contributed by atoms with van der Waals surface area (Å²) in [6.07, 6.45) is 4.78. The van der Waals surface area contributed by atoms with E-state index in [0.29, 0.717) is 0 Å². The fourth-order valence-corrected chi connectivity index (χ4v) is 16.4. The van der Waals surface area contributed by atoms with E-state index in [4.69, 9.17) is 0 Å². The monoisotopic (exact) mass is 977 g/mol. The fourth-order valence-electron chi connectivity index (χ4n) is 14.0. The van der Waals surface area contributed by atoms with Crippen molar-refractivity contribution in [2.75, 3.05) is 14.7 Å². The summed E-state index contributed by atoms with van der Waals surface area (Å²) in [5.41, 5.74) is 20.7. The molecule has 6 heteroatoms. The number of nitrogens with zero attached hydrogens (tertiary/aromatic N) is 3. The van der Waals surface area contributed by atoms with Crippen molar-refractivity contribution in [1.29, 1.82) is 0 Å². The lowest BCUT2D eigenvalue weighted by molar-refractivity contribution is 0.195. The smallest absolute Gasteiger partial charge is 0.252 e. The van der Waals surface area contributed by atoms with Crippen LogP contribution in [-0.2, 0) is 10.8 Å².